The number of anilines is 2. The van der Waals surface area contributed by atoms with Crippen molar-refractivity contribution in [2.24, 2.45) is 0 Å². The molecule has 1 aliphatic heterocycles. The van der Waals surface area contributed by atoms with E-state index in [0.29, 0.717) is 11.0 Å². The van der Waals surface area contributed by atoms with E-state index in [2.05, 4.69) is 40.4 Å². The summed E-state index contributed by atoms with van der Waals surface area (Å²) in [6.07, 6.45) is 2.51. The summed E-state index contributed by atoms with van der Waals surface area (Å²) in [6.45, 7) is 3.48. The van der Waals surface area contributed by atoms with Gasteiger partial charge in [-0.3, -0.25) is 4.79 Å². The molecule has 1 unspecified atom stereocenters. The fourth-order valence-electron chi connectivity index (χ4n) is 2.54. The van der Waals surface area contributed by atoms with Crippen LogP contribution in [0.5, 0.6) is 0 Å². The first-order chi connectivity index (χ1) is 12.6. The lowest BCUT2D eigenvalue weighted by Gasteiger charge is -2.12. The van der Waals surface area contributed by atoms with Gasteiger partial charge in [0.05, 0.1) is 6.10 Å². The standard InChI is InChI=1S/C17H22N4OS.CH2O2/c1-12-5-2-3-6-13(12)11-23-17-20-15(18)9-16(21-17)19-10-14-7-4-8-22-14;2-1-3/h2-3,5-6,9,14H,4,7-8,10-11H2,1H3,(H3,18,19,20,21);1H,(H,2,3). The number of aromatic nitrogens is 2. The Morgan fingerprint density at radius 3 is 2.88 bits per heavy atom. The summed E-state index contributed by atoms with van der Waals surface area (Å²) in [5, 5.41) is 10.9. The van der Waals surface area contributed by atoms with Crippen molar-refractivity contribution >= 4 is 29.9 Å². The monoisotopic (exact) mass is 376 g/mol. The molecule has 1 aromatic carbocycles. The van der Waals surface area contributed by atoms with Gasteiger partial charge in [-0.1, -0.05) is 36.0 Å². The van der Waals surface area contributed by atoms with E-state index < -0.39 is 0 Å². The van der Waals surface area contributed by atoms with Gasteiger partial charge in [0.15, 0.2) is 5.16 Å². The molecule has 7 nitrogen and oxygen atoms in total. The average Bonchev–Trinajstić information content (AvgIpc) is 3.13. The summed E-state index contributed by atoms with van der Waals surface area (Å²) < 4.78 is 5.61. The van der Waals surface area contributed by atoms with Crippen molar-refractivity contribution in [3.63, 3.8) is 0 Å². The van der Waals surface area contributed by atoms with Crippen molar-refractivity contribution in [3.8, 4) is 0 Å². The molecular weight excluding hydrogens is 352 g/mol. The Kier molecular flexibility index (Phi) is 8.17. The summed E-state index contributed by atoms with van der Waals surface area (Å²) in [6, 6.07) is 10.1. The van der Waals surface area contributed by atoms with Gasteiger partial charge in [-0.15, -0.1) is 0 Å². The summed E-state index contributed by atoms with van der Waals surface area (Å²) in [7, 11) is 0. The fraction of sp³-hybridized carbons (Fsp3) is 0.389. The van der Waals surface area contributed by atoms with Crippen LogP contribution in [0.15, 0.2) is 35.5 Å². The summed E-state index contributed by atoms with van der Waals surface area (Å²) >= 11 is 1.60. The van der Waals surface area contributed by atoms with Crippen LogP contribution >= 0.6 is 11.8 Å². The van der Waals surface area contributed by atoms with E-state index in [9.17, 15) is 0 Å². The van der Waals surface area contributed by atoms with Crippen molar-refractivity contribution in [1.29, 1.82) is 0 Å². The molecular formula is C18H24N4O3S. The number of carboxylic acid groups (broad SMARTS) is 1. The molecule has 0 spiro atoms. The highest BCUT2D eigenvalue weighted by molar-refractivity contribution is 7.98. The number of benzene rings is 1. The van der Waals surface area contributed by atoms with Crippen LogP contribution in [-0.4, -0.2) is 40.8 Å². The minimum Gasteiger partial charge on any atom is -0.483 e. The van der Waals surface area contributed by atoms with Crippen LogP contribution in [0.2, 0.25) is 0 Å². The SMILES string of the molecule is Cc1ccccc1CSc1nc(N)cc(NCC2CCCO2)n1.O=CO. The number of hydrogen-bond acceptors (Lipinski definition) is 7. The van der Waals surface area contributed by atoms with Gasteiger partial charge in [0.2, 0.25) is 0 Å². The van der Waals surface area contributed by atoms with Crippen LogP contribution in [0.1, 0.15) is 24.0 Å². The Hall–Kier alpha value is -2.32. The number of carbonyl (C=O) groups is 1. The Labute approximate surface area is 157 Å². The number of nitrogens with one attached hydrogen (secondary N) is 1. The van der Waals surface area contributed by atoms with Crippen LogP contribution in [0.25, 0.3) is 0 Å². The minimum atomic E-state index is -0.250. The van der Waals surface area contributed by atoms with Gasteiger partial charge in [0.1, 0.15) is 11.6 Å². The third kappa shape index (κ3) is 6.53. The molecule has 0 aliphatic carbocycles. The van der Waals surface area contributed by atoms with Crippen molar-refractivity contribution in [1.82, 2.24) is 9.97 Å². The van der Waals surface area contributed by atoms with E-state index in [1.165, 1.54) is 11.1 Å². The first-order valence-corrected chi connectivity index (χ1v) is 9.36. The van der Waals surface area contributed by atoms with E-state index in [4.69, 9.17) is 20.4 Å². The molecule has 140 valence electrons. The predicted molar refractivity (Wildman–Crippen MR) is 103 cm³/mol. The van der Waals surface area contributed by atoms with Crippen molar-refractivity contribution in [2.45, 2.75) is 36.8 Å². The molecule has 4 N–H and O–H groups in total. The van der Waals surface area contributed by atoms with Crippen molar-refractivity contribution in [3.05, 3.63) is 41.5 Å². The quantitative estimate of drug-likeness (QED) is 0.401. The average molecular weight is 376 g/mol. The highest BCUT2D eigenvalue weighted by Gasteiger charge is 2.15. The summed E-state index contributed by atoms with van der Waals surface area (Å²) in [5.41, 5.74) is 8.47. The number of ether oxygens (including phenoxy) is 1. The van der Waals surface area contributed by atoms with Gasteiger partial charge in [-0.2, -0.15) is 0 Å². The number of hydrogen-bond donors (Lipinski definition) is 3. The van der Waals surface area contributed by atoms with Crippen molar-refractivity contribution < 1.29 is 14.6 Å². The lowest BCUT2D eigenvalue weighted by atomic mass is 10.1. The molecule has 1 aromatic heterocycles. The minimum absolute atomic E-state index is 0.250. The maximum atomic E-state index is 8.36. The van der Waals surface area contributed by atoms with Crippen molar-refractivity contribution in [2.75, 3.05) is 24.2 Å². The Balaban J connectivity index is 0.000000758. The van der Waals surface area contributed by atoms with E-state index in [1.54, 1.807) is 17.8 Å². The molecule has 1 saturated heterocycles. The number of rotatable bonds is 6. The molecule has 2 aromatic rings. The molecule has 26 heavy (non-hydrogen) atoms. The van der Waals surface area contributed by atoms with E-state index >= 15 is 0 Å². The van der Waals surface area contributed by atoms with Gasteiger partial charge in [-0.25, -0.2) is 9.97 Å². The molecule has 2 heterocycles. The molecule has 0 amide bonds. The Morgan fingerprint density at radius 1 is 1.42 bits per heavy atom. The van der Waals surface area contributed by atoms with E-state index in [1.807, 2.05) is 6.07 Å². The first kappa shape index (κ1) is 20.0. The molecule has 0 bridgehead atoms. The van der Waals surface area contributed by atoms with Gasteiger partial charge in [-0.05, 0) is 30.9 Å². The number of nitrogens with two attached hydrogens (primary N) is 1. The second-order valence-corrected chi connectivity index (χ2v) is 6.74. The predicted octanol–water partition coefficient (Wildman–Crippen LogP) is 2.95. The fourth-order valence-corrected chi connectivity index (χ4v) is 3.48. The first-order valence-electron chi connectivity index (χ1n) is 8.37. The molecule has 8 heteroatoms. The summed E-state index contributed by atoms with van der Waals surface area (Å²) in [5.74, 6) is 2.09. The zero-order valence-electron chi connectivity index (χ0n) is 14.7. The molecule has 1 aliphatic rings. The Morgan fingerprint density at radius 2 is 2.19 bits per heavy atom. The summed E-state index contributed by atoms with van der Waals surface area (Å²) in [4.78, 5) is 17.2. The van der Waals surface area contributed by atoms with Gasteiger partial charge < -0.3 is 20.9 Å². The smallest absolute Gasteiger partial charge is 0.290 e. The highest BCUT2D eigenvalue weighted by atomic mass is 32.2. The lowest BCUT2D eigenvalue weighted by molar-refractivity contribution is -0.122. The largest absolute Gasteiger partial charge is 0.483 e. The number of nitrogens with zero attached hydrogens (tertiary/aromatic N) is 2. The third-order valence-corrected chi connectivity index (χ3v) is 4.77. The van der Waals surface area contributed by atoms with Gasteiger partial charge >= 0.3 is 0 Å². The molecule has 0 radical (unpaired) electrons. The molecule has 0 saturated carbocycles. The zero-order chi connectivity index (χ0) is 18.8. The van der Waals surface area contributed by atoms with E-state index in [0.717, 1.165) is 37.6 Å². The molecule has 1 atom stereocenters. The topological polar surface area (TPSA) is 110 Å². The van der Waals surface area contributed by atoms with Crippen LogP contribution in [-0.2, 0) is 15.3 Å². The van der Waals surface area contributed by atoms with Crippen LogP contribution in [0.3, 0.4) is 0 Å². The maximum absolute atomic E-state index is 8.36. The lowest BCUT2D eigenvalue weighted by Crippen LogP contribution is -2.19. The molecule has 1 fully saturated rings. The normalized spacial score (nSPS) is 15.8. The Bertz CT molecular complexity index is 709. The third-order valence-electron chi connectivity index (χ3n) is 3.88. The van der Waals surface area contributed by atoms with E-state index in [-0.39, 0.29) is 12.6 Å². The zero-order valence-corrected chi connectivity index (χ0v) is 15.5. The maximum Gasteiger partial charge on any atom is 0.290 e. The van der Waals surface area contributed by atoms with Crippen LogP contribution in [0, 0.1) is 6.92 Å². The number of thioether (sulfide) groups is 1. The second-order valence-electron chi connectivity index (χ2n) is 5.80. The highest BCUT2D eigenvalue weighted by Crippen LogP contribution is 2.23. The van der Waals surface area contributed by atoms with Crippen LogP contribution < -0.4 is 11.1 Å². The van der Waals surface area contributed by atoms with Crippen LogP contribution in [0.4, 0.5) is 11.6 Å². The van der Waals surface area contributed by atoms with Gasteiger partial charge in [0, 0.05) is 25.0 Å². The molecule has 3 rings (SSSR count). The van der Waals surface area contributed by atoms with Gasteiger partial charge in [0.25, 0.3) is 6.47 Å². The number of nitrogen functional groups attached to an aromatic ring is 1. The number of aryl methyl sites for hydroxylation is 1. The second kappa shape index (κ2) is 10.6.